The zero-order valence-corrected chi connectivity index (χ0v) is 21.3. The van der Waals surface area contributed by atoms with Gasteiger partial charge in [0.1, 0.15) is 0 Å². The summed E-state index contributed by atoms with van der Waals surface area (Å²) < 4.78 is 81.4. The lowest BCUT2D eigenvalue weighted by Gasteiger charge is -2.17. The molecule has 0 atom stereocenters. The number of halogens is 6. The minimum absolute atomic E-state index is 0.201. The van der Waals surface area contributed by atoms with Crippen LogP contribution in [0.2, 0.25) is 0 Å². The summed E-state index contributed by atoms with van der Waals surface area (Å²) in [5.74, 6) is -2.41. The number of hydrogen-bond acceptors (Lipinski definition) is 7. The number of phenolic OH excluding ortho intramolecular Hbond substituents is 1. The Morgan fingerprint density at radius 3 is 1.88 bits per heavy atom. The van der Waals surface area contributed by atoms with Crippen molar-refractivity contribution in [3.63, 3.8) is 0 Å². The lowest BCUT2D eigenvalue weighted by atomic mass is 10.0. The Balaban J connectivity index is 2.44. The van der Waals surface area contributed by atoms with Crippen LogP contribution in [0.1, 0.15) is 25.0 Å². The molecule has 0 saturated heterocycles. The van der Waals surface area contributed by atoms with Gasteiger partial charge in [-0.2, -0.15) is 19.4 Å². The van der Waals surface area contributed by atoms with Crippen LogP contribution in [0.3, 0.4) is 0 Å². The van der Waals surface area contributed by atoms with Crippen molar-refractivity contribution in [2.75, 3.05) is 5.32 Å². The number of nitrogens with one attached hydrogen (secondary N) is 1. The Morgan fingerprint density at radius 1 is 0.912 bits per heavy atom. The van der Waals surface area contributed by atoms with Crippen molar-refractivity contribution < 1.29 is 33.7 Å². The predicted octanol–water partition coefficient (Wildman–Crippen LogP) is 9.57. The van der Waals surface area contributed by atoms with Gasteiger partial charge in [-0.25, -0.2) is 4.39 Å². The number of amides is 1. The Kier molecular flexibility index (Phi) is 11.5. The molecule has 0 radical (unpaired) electrons. The molecule has 34 heavy (non-hydrogen) atoms. The maximum atomic E-state index is 14.1. The van der Waals surface area contributed by atoms with Gasteiger partial charge in [-0.3, -0.25) is 4.79 Å². The second-order valence-corrected chi connectivity index (χ2v) is 9.54. The average molecular weight is 576 g/mol. The molecule has 2 N–H and O–H groups in total. The van der Waals surface area contributed by atoms with E-state index in [1.54, 1.807) is 6.08 Å². The summed E-state index contributed by atoms with van der Waals surface area (Å²) in [6.45, 7) is 3.65. The molecule has 0 fully saturated rings. The van der Waals surface area contributed by atoms with Gasteiger partial charge in [0.05, 0.1) is 90.9 Å². The molecule has 0 unspecified atom stereocenters. The number of carbonyl (C=O) groups is 1. The van der Waals surface area contributed by atoms with Crippen LogP contribution in [0.25, 0.3) is 6.08 Å². The Bertz CT molecular complexity index is 1090. The Hall–Kier alpha value is -1.48. The summed E-state index contributed by atoms with van der Waals surface area (Å²) >= 11 is -2.93. The molecule has 14 heteroatoms. The highest BCUT2D eigenvalue weighted by Gasteiger charge is 2.29. The summed E-state index contributed by atoms with van der Waals surface area (Å²) in [5, 5.41) is 12.0. The van der Waals surface area contributed by atoms with E-state index < -0.39 is 108 Å². The van der Waals surface area contributed by atoms with Gasteiger partial charge in [-0.15, -0.1) is 0 Å². The van der Waals surface area contributed by atoms with E-state index in [1.807, 2.05) is 13.8 Å². The van der Waals surface area contributed by atoms with Crippen LogP contribution in [0.15, 0.2) is 54.3 Å². The van der Waals surface area contributed by atoms with Gasteiger partial charge < -0.3 is 10.4 Å². The van der Waals surface area contributed by atoms with Crippen LogP contribution in [0.4, 0.5) is 29.5 Å². The van der Waals surface area contributed by atoms with Gasteiger partial charge in [0, 0.05) is 11.6 Å². The van der Waals surface area contributed by atoms with Crippen LogP contribution >= 0.6 is 60.7 Å². The van der Waals surface area contributed by atoms with Crippen LogP contribution in [-0.2, 0) is 11.2 Å². The molecule has 2 rings (SSSR count). The monoisotopic (exact) mass is 575 g/mol. The van der Waals surface area contributed by atoms with E-state index in [1.165, 1.54) is 12.1 Å². The molecular weight excluding hydrogens is 561 g/mol. The molecule has 0 bridgehead atoms. The lowest BCUT2D eigenvalue weighted by molar-refractivity contribution is -0.111. The van der Waals surface area contributed by atoms with Gasteiger partial charge in [0.25, 0.3) is 0 Å². The topological polar surface area (TPSA) is 49.3 Å². The molecule has 2 aromatic rings. The van der Waals surface area contributed by atoms with Gasteiger partial charge >= 0.3 is 0 Å². The standard InChI is InChI=1S/C20H15F6NO2S5/c1-9(2)3-5-11-7-10(8-12(21)15(11)29)4-6-13(28)27-14-16(30-22)18(32-24)20(34-26)19(33-25)17(14)31-23/h3-4,6-8,29H,5H2,1-2H3,(H,27,28). The normalized spacial score (nSPS) is 11.2. The largest absolute Gasteiger partial charge is 0.505 e. The molecular formula is C20H15F6NO2S5. The van der Waals surface area contributed by atoms with E-state index in [0.717, 1.165) is 17.7 Å². The molecule has 0 heterocycles. The third-order valence-electron chi connectivity index (χ3n) is 4.24. The molecule has 0 aliphatic heterocycles. The summed E-state index contributed by atoms with van der Waals surface area (Å²) in [6.07, 6.45) is 4.08. The molecule has 2 aromatic carbocycles. The van der Waals surface area contributed by atoms with Crippen molar-refractivity contribution in [3.8, 4) is 5.75 Å². The minimum Gasteiger partial charge on any atom is -0.505 e. The first-order valence-corrected chi connectivity index (χ1v) is 12.6. The number of aromatic hydroxyl groups is 1. The first kappa shape index (κ1) is 28.8. The smallest absolute Gasteiger partial charge is 0.248 e. The molecule has 3 nitrogen and oxygen atoms in total. The minimum atomic E-state index is -0.963. The van der Waals surface area contributed by atoms with E-state index in [2.05, 4.69) is 5.32 Å². The van der Waals surface area contributed by atoms with Crippen LogP contribution in [-0.4, -0.2) is 11.0 Å². The van der Waals surface area contributed by atoms with Crippen molar-refractivity contribution >= 4 is 78.4 Å². The lowest BCUT2D eigenvalue weighted by Crippen LogP contribution is -2.11. The highest BCUT2D eigenvalue weighted by molar-refractivity contribution is 8.00. The molecule has 0 aromatic heterocycles. The first-order chi connectivity index (χ1) is 16.2. The second kappa shape index (κ2) is 13.6. The van der Waals surface area contributed by atoms with E-state index in [-0.39, 0.29) is 17.5 Å². The van der Waals surface area contributed by atoms with Crippen molar-refractivity contribution in [1.29, 1.82) is 0 Å². The van der Waals surface area contributed by atoms with Crippen LogP contribution in [0, 0.1) is 5.82 Å². The third-order valence-corrected chi connectivity index (χ3v) is 7.56. The fourth-order valence-electron chi connectivity index (χ4n) is 2.69. The van der Waals surface area contributed by atoms with Crippen LogP contribution < -0.4 is 5.32 Å². The third kappa shape index (κ3) is 6.80. The van der Waals surface area contributed by atoms with Crippen molar-refractivity contribution in [2.45, 2.75) is 44.7 Å². The fourth-order valence-corrected chi connectivity index (χ4v) is 5.54. The molecule has 0 aliphatic rings. The highest BCUT2D eigenvalue weighted by atomic mass is 32.2. The summed E-state index contributed by atoms with van der Waals surface area (Å²) in [4.78, 5) is 9.14. The maximum absolute atomic E-state index is 14.1. The summed E-state index contributed by atoms with van der Waals surface area (Å²) in [7, 11) is 0. The highest BCUT2D eigenvalue weighted by Crippen LogP contribution is 2.54. The Morgan fingerprint density at radius 2 is 1.41 bits per heavy atom. The number of anilines is 1. The van der Waals surface area contributed by atoms with E-state index in [9.17, 15) is 33.7 Å². The number of rotatable bonds is 10. The summed E-state index contributed by atoms with van der Waals surface area (Å²) in [6, 6.07) is 2.41. The molecule has 0 saturated carbocycles. The predicted molar refractivity (Wildman–Crippen MR) is 130 cm³/mol. The average Bonchev–Trinajstić information content (AvgIpc) is 2.82. The van der Waals surface area contributed by atoms with Crippen molar-refractivity contribution in [1.82, 2.24) is 0 Å². The van der Waals surface area contributed by atoms with Crippen molar-refractivity contribution in [3.05, 3.63) is 46.8 Å². The van der Waals surface area contributed by atoms with Gasteiger partial charge in [0.2, 0.25) is 5.91 Å². The summed E-state index contributed by atoms with van der Waals surface area (Å²) in [5.41, 5.74) is 0.819. The fraction of sp³-hybridized carbons (Fsp3) is 0.150. The second-order valence-electron chi connectivity index (χ2n) is 6.73. The van der Waals surface area contributed by atoms with E-state index in [0.29, 0.717) is 0 Å². The first-order valence-electron chi connectivity index (χ1n) is 9.02. The number of hydrogen-bond donors (Lipinski definition) is 2. The number of allylic oxidation sites excluding steroid dienone is 2. The molecule has 0 spiro atoms. The molecule has 184 valence electrons. The zero-order valence-electron chi connectivity index (χ0n) is 17.3. The van der Waals surface area contributed by atoms with Crippen molar-refractivity contribution in [2.24, 2.45) is 0 Å². The number of benzene rings is 2. The maximum Gasteiger partial charge on any atom is 0.248 e. The number of phenols is 1. The zero-order chi connectivity index (χ0) is 25.4. The van der Waals surface area contributed by atoms with Crippen LogP contribution in [0.5, 0.6) is 5.75 Å². The van der Waals surface area contributed by atoms with Gasteiger partial charge in [-0.1, -0.05) is 11.6 Å². The molecule has 0 aliphatic carbocycles. The van der Waals surface area contributed by atoms with E-state index in [4.69, 9.17) is 0 Å². The van der Waals surface area contributed by atoms with Gasteiger partial charge in [0.15, 0.2) is 11.6 Å². The SMILES string of the molecule is CC(C)=CCc1cc(C=CC(=O)Nc2c(SF)c(SF)c(SF)c(SF)c2SF)cc(F)c1O. The Labute approximate surface area is 214 Å². The van der Waals surface area contributed by atoms with Gasteiger partial charge in [-0.05, 0) is 44.0 Å². The quantitative estimate of drug-likeness (QED) is 0.166. The number of carbonyl (C=O) groups excluding carboxylic acids is 1. The van der Waals surface area contributed by atoms with E-state index >= 15 is 0 Å². The molecule has 1 amide bonds.